The average molecular weight is 525 g/mol. The molecular weight excluding hydrogens is 478 g/mol. The molecule has 1 aromatic heterocycles. The third-order valence-electron chi connectivity index (χ3n) is 7.62. The SMILES string of the molecule is CCCCCCCCCCCc1noc(-c2ccc(C[NH+](CC)Cc3cccc(-c4ccccc4)c3)cc2)n1. The first-order valence-electron chi connectivity index (χ1n) is 15.1. The number of hydrogen-bond donors (Lipinski definition) is 1. The van der Waals surface area contributed by atoms with Crippen LogP contribution < -0.4 is 4.90 Å². The molecule has 39 heavy (non-hydrogen) atoms. The van der Waals surface area contributed by atoms with Crippen molar-refractivity contribution in [1.82, 2.24) is 10.1 Å². The van der Waals surface area contributed by atoms with E-state index in [0.29, 0.717) is 5.89 Å². The van der Waals surface area contributed by atoms with Crippen LogP contribution in [0.15, 0.2) is 83.4 Å². The Labute approximate surface area is 235 Å². The molecule has 1 unspecified atom stereocenters. The van der Waals surface area contributed by atoms with E-state index in [1.54, 1.807) is 0 Å². The molecule has 0 saturated carbocycles. The molecule has 1 N–H and O–H groups in total. The second-order valence-electron chi connectivity index (χ2n) is 10.8. The monoisotopic (exact) mass is 524 g/mol. The summed E-state index contributed by atoms with van der Waals surface area (Å²) >= 11 is 0. The van der Waals surface area contributed by atoms with Gasteiger partial charge in [0.25, 0.3) is 5.89 Å². The van der Waals surface area contributed by atoms with E-state index >= 15 is 0 Å². The predicted molar refractivity (Wildman–Crippen MR) is 161 cm³/mol. The van der Waals surface area contributed by atoms with Gasteiger partial charge in [-0.05, 0) is 42.7 Å². The van der Waals surface area contributed by atoms with E-state index in [-0.39, 0.29) is 0 Å². The zero-order valence-corrected chi connectivity index (χ0v) is 24.0. The number of aryl methyl sites for hydroxylation is 1. The van der Waals surface area contributed by atoms with Crippen molar-refractivity contribution in [1.29, 1.82) is 0 Å². The van der Waals surface area contributed by atoms with Gasteiger partial charge < -0.3 is 9.42 Å². The Morgan fingerprint density at radius 3 is 2.00 bits per heavy atom. The second kappa shape index (κ2) is 16.0. The molecule has 4 rings (SSSR count). The molecule has 0 radical (unpaired) electrons. The van der Waals surface area contributed by atoms with E-state index in [1.165, 1.54) is 78.5 Å². The van der Waals surface area contributed by atoms with Crippen LogP contribution in [0, 0.1) is 0 Å². The first-order valence-corrected chi connectivity index (χ1v) is 15.1. The standard InChI is InChI=1S/C35H45N3O/c1-3-5-6-7-8-9-10-11-15-21-34-36-35(39-37-34)32-24-22-29(23-25-32)27-38(4-2)28-30-17-16-20-33(26-30)31-18-13-12-14-19-31/h12-14,16-20,22-26H,3-11,15,21,27-28H2,1-2H3/p+1. The van der Waals surface area contributed by atoms with Gasteiger partial charge in [-0.1, -0.05) is 124 Å². The molecule has 0 bridgehead atoms. The quantitative estimate of drug-likeness (QED) is 0.142. The molecule has 0 aliphatic rings. The highest BCUT2D eigenvalue weighted by Crippen LogP contribution is 2.21. The number of benzene rings is 3. The van der Waals surface area contributed by atoms with Gasteiger partial charge in [0.2, 0.25) is 0 Å². The topological polar surface area (TPSA) is 43.4 Å². The van der Waals surface area contributed by atoms with E-state index in [9.17, 15) is 0 Å². The van der Waals surface area contributed by atoms with Gasteiger partial charge in [-0.2, -0.15) is 4.98 Å². The van der Waals surface area contributed by atoms with E-state index in [2.05, 4.69) is 103 Å². The second-order valence-corrected chi connectivity index (χ2v) is 10.8. The molecule has 1 heterocycles. The molecule has 0 saturated heterocycles. The molecule has 0 amide bonds. The summed E-state index contributed by atoms with van der Waals surface area (Å²) in [7, 11) is 0. The van der Waals surface area contributed by atoms with Crippen LogP contribution in [0.2, 0.25) is 0 Å². The van der Waals surface area contributed by atoms with Crippen LogP contribution in [0.3, 0.4) is 0 Å². The maximum absolute atomic E-state index is 5.59. The van der Waals surface area contributed by atoms with Gasteiger partial charge in [-0.15, -0.1) is 0 Å². The highest BCUT2D eigenvalue weighted by atomic mass is 16.5. The van der Waals surface area contributed by atoms with Gasteiger partial charge in [0.15, 0.2) is 5.82 Å². The molecule has 3 aromatic carbocycles. The molecule has 0 aliphatic carbocycles. The van der Waals surface area contributed by atoms with E-state index in [0.717, 1.165) is 43.9 Å². The predicted octanol–water partition coefficient (Wildman–Crippen LogP) is 8.08. The largest absolute Gasteiger partial charge is 0.334 e. The molecule has 1 atom stereocenters. The highest BCUT2D eigenvalue weighted by Gasteiger charge is 2.12. The summed E-state index contributed by atoms with van der Waals surface area (Å²) in [6.45, 7) is 7.60. The lowest BCUT2D eigenvalue weighted by atomic mass is 10.0. The third kappa shape index (κ3) is 9.47. The van der Waals surface area contributed by atoms with E-state index in [1.807, 2.05) is 0 Å². The normalized spacial score (nSPS) is 12.1. The van der Waals surface area contributed by atoms with Crippen molar-refractivity contribution in [2.45, 2.75) is 91.1 Å². The van der Waals surface area contributed by atoms with Gasteiger partial charge in [0.05, 0.1) is 6.54 Å². The Balaban J connectivity index is 1.23. The lowest BCUT2D eigenvalue weighted by Crippen LogP contribution is -3.09. The lowest BCUT2D eigenvalue weighted by Gasteiger charge is -2.18. The number of rotatable bonds is 17. The van der Waals surface area contributed by atoms with Gasteiger partial charge in [0, 0.05) is 23.1 Å². The van der Waals surface area contributed by atoms with Crippen LogP contribution in [-0.2, 0) is 19.5 Å². The van der Waals surface area contributed by atoms with Crippen LogP contribution >= 0.6 is 0 Å². The Morgan fingerprint density at radius 2 is 1.28 bits per heavy atom. The van der Waals surface area contributed by atoms with Gasteiger partial charge in [-0.25, -0.2) is 0 Å². The van der Waals surface area contributed by atoms with Gasteiger partial charge >= 0.3 is 0 Å². The van der Waals surface area contributed by atoms with Crippen molar-refractivity contribution in [3.05, 3.63) is 95.8 Å². The summed E-state index contributed by atoms with van der Waals surface area (Å²) in [6.07, 6.45) is 12.8. The number of quaternary nitrogens is 1. The van der Waals surface area contributed by atoms with Crippen molar-refractivity contribution in [3.63, 3.8) is 0 Å². The fourth-order valence-corrected chi connectivity index (χ4v) is 5.21. The van der Waals surface area contributed by atoms with Crippen LogP contribution in [0.25, 0.3) is 22.6 Å². The van der Waals surface area contributed by atoms with Gasteiger partial charge in [0.1, 0.15) is 13.1 Å². The molecule has 206 valence electrons. The highest BCUT2D eigenvalue weighted by molar-refractivity contribution is 5.63. The van der Waals surface area contributed by atoms with Crippen molar-refractivity contribution >= 4 is 0 Å². The van der Waals surface area contributed by atoms with Crippen molar-refractivity contribution in [3.8, 4) is 22.6 Å². The minimum absolute atomic E-state index is 0.630. The average Bonchev–Trinajstić information content (AvgIpc) is 3.46. The Kier molecular flexibility index (Phi) is 11.8. The number of nitrogens with zero attached hydrogens (tertiary/aromatic N) is 2. The Morgan fingerprint density at radius 1 is 0.615 bits per heavy atom. The van der Waals surface area contributed by atoms with Crippen LogP contribution in [0.1, 0.15) is 88.6 Å². The van der Waals surface area contributed by atoms with Crippen molar-refractivity contribution in [2.24, 2.45) is 0 Å². The summed E-state index contributed by atoms with van der Waals surface area (Å²) in [4.78, 5) is 6.20. The van der Waals surface area contributed by atoms with E-state index < -0.39 is 0 Å². The molecule has 0 fully saturated rings. The van der Waals surface area contributed by atoms with Crippen LogP contribution in [0.4, 0.5) is 0 Å². The summed E-state index contributed by atoms with van der Waals surface area (Å²) in [5.41, 5.74) is 6.24. The number of unbranched alkanes of at least 4 members (excludes halogenated alkanes) is 8. The maximum Gasteiger partial charge on any atom is 0.257 e. The Bertz CT molecular complexity index is 1220. The molecule has 0 spiro atoms. The zero-order valence-electron chi connectivity index (χ0n) is 24.0. The molecular formula is C35H46N3O+. The first-order chi connectivity index (χ1) is 19.2. The Hall–Kier alpha value is -3.24. The summed E-state index contributed by atoms with van der Waals surface area (Å²) in [5, 5.41) is 4.23. The number of aromatic nitrogens is 2. The fourth-order valence-electron chi connectivity index (χ4n) is 5.21. The van der Waals surface area contributed by atoms with E-state index in [4.69, 9.17) is 4.52 Å². The molecule has 4 heteroatoms. The zero-order chi connectivity index (χ0) is 27.1. The van der Waals surface area contributed by atoms with Gasteiger partial charge in [-0.3, -0.25) is 0 Å². The van der Waals surface area contributed by atoms with Crippen molar-refractivity contribution < 1.29 is 9.42 Å². The van der Waals surface area contributed by atoms with Crippen LogP contribution in [0.5, 0.6) is 0 Å². The smallest absolute Gasteiger partial charge is 0.257 e. The maximum atomic E-state index is 5.59. The van der Waals surface area contributed by atoms with Crippen LogP contribution in [-0.4, -0.2) is 16.7 Å². The number of hydrogen-bond acceptors (Lipinski definition) is 3. The van der Waals surface area contributed by atoms with Crippen molar-refractivity contribution in [2.75, 3.05) is 6.54 Å². The minimum atomic E-state index is 0.630. The fraction of sp³-hybridized carbons (Fsp3) is 0.429. The lowest BCUT2D eigenvalue weighted by molar-refractivity contribution is -0.925. The first kappa shape index (κ1) is 28.8. The summed E-state index contributed by atoms with van der Waals surface area (Å²) in [6, 6.07) is 28.2. The molecule has 0 aliphatic heterocycles. The molecule has 4 aromatic rings. The molecule has 4 nitrogen and oxygen atoms in total. The third-order valence-corrected chi connectivity index (χ3v) is 7.62. The minimum Gasteiger partial charge on any atom is -0.334 e. The summed E-state index contributed by atoms with van der Waals surface area (Å²) in [5.74, 6) is 1.46. The number of nitrogens with one attached hydrogen (secondary N) is 1. The summed E-state index contributed by atoms with van der Waals surface area (Å²) < 4.78 is 5.59.